The lowest BCUT2D eigenvalue weighted by atomic mass is 9.85. The Morgan fingerprint density at radius 2 is 1.80 bits per heavy atom. The van der Waals surface area contributed by atoms with Crippen LogP contribution in [0.1, 0.15) is 104 Å². The van der Waals surface area contributed by atoms with Crippen molar-refractivity contribution < 1.29 is 50.6 Å². The Kier molecular flexibility index (Phi) is 10.3. The van der Waals surface area contributed by atoms with Crippen molar-refractivity contribution in [1.29, 1.82) is 0 Å². The number of fused-ring (bicyclic) bond motifs is 7. The lowest BCUT2D eigenvalue weighted by Gasteiger charge is -2.36. The van der Waals surface area contributed by atoms with Crippen molar-refractivity contribution in [1.82, 2.24) is 30.2 Å². The quantitative estimate of drug-likeness (QED) is 0.337. The van der Waals surface area contributed by atoms with Gasteiger partial charge in [-0.25, -0.2) is 32.0 Å². The number of nitrogens with one attached hydrogen (secondary N) is 3. The molecule has 322 valence electrons. The van der Waals surface area contributed by atoms with Gasteiger partial charge >= 0.3 is 6.09 Å². The summed E-state index contributed by atoms with van der Waals surface area (Å²) >= 11 is 0. The van der Waals surface area contributed by atoms with E-state index in [1.165, 1.54) is 11.8 Å². The van der Waals surface area contributed by atoms with E-state index in [0.717, 1.165) is 32.1 Å². The summed E-state index contributed by atoms with van der Waals surface area (Å²) in [6, 6.07) is 2.79. The van der Waals surface area contributed by atoms with Gasteiger partial charge in [-0.15, -0.1) is 0 Å². The first-order chi connectivity index (χ1) is 27.8. The van der Waals surface area contributed by atoms with Gasteiger partial charge in [-0.2, -0.15) is 0 Å². The summed E-state index contributed by atoms with van der Waals surface area (Å²) in [6.45, 7) is 8.36. The molecule has 2 aliphatic heterocycles. The summed E-state index contributed by atoms with van der Waals surface area (Å²) in [4.78, 5) is 68.0. The Balaban J connectivity index is 1.18. The van der Waals surface area contributed by atoms with Gasteiger partial charge in [0.1, 0.15) is 41.3 Å². The molecular weight excluding hydrogens is 791 g/mol. The van der Waals surface area contributed by atoms with Gasteiger partial charge < -0.3 is 29.7 Å². The third kappa shape index (κ3) is 7.78. The number of carbonyl (C=O) groups is 4. The lowest BCUT2D eigenvalue weighted by Crippen LogP contribution is -2.61. The molecule has 4 aliphatic carbocycles. The van der Waals surface area contributed by atoms with E-state index in [1.807, 2.05) is 10.8 Å². The van der Waals surface area contributed by atoms with Gasteiger partial charge in [0, 0.05) is 17.9 Å². The smallest absolute Gasteiger partial charge is 0.408 e. The minimum Gasteiger partial charge on any atom is -0.497 e. The second-order valence-corrected chi connectivity index (χ2v) is 21.0. The van der Waals surface area contributed by atoms with Crippen LogP contribution in [0.4, 0.5) is 13.6 Å². The third-order valence-corrected chi connectivity index (χ3v) is 15.7. The zero-order valence-electron chi connectivity index (χ0n) is 34.3. The first kappa shape index (κ1) is 41.4. The molecule has 0 radical (unpaired) electrons. The highest BCUT2D eigenvalue weighted by Gasteiger charge is 2.68. The number of rotatable bonds is 8. The topological polar surface area (TPSA) is 195 Å². The van der Waals surface area contributed by atoms with E-state index < -0.39 is 92.4 Å². The molecular formula is C41H54F2N6O9S. The molecule has 3 N–H and O–H groups in total. The molecule has 3 heterocycles. The molecule has 1 aromatic carbocycles. The number of halogens is 2. The highest BCUT2D eigenvalue weighted by molar-refractivity contribution is 7.91. The summed E-state index contributed by atoms with van der Waals surface area (Å²) in [5, 5.41) is 5.29. The number of benzene rings is 1. The highest BCUT2D eigenvalue weighted by Crippen LogP contribution is 2.54. The standard InChI is InChI=1S/C41H54F2N6O9S/c1-7-23-29-19-49(31(23)34(50)47-41(18-25(41)33(42)43)37(52)48-59(54,55)40(5)13-14-40)36(51)32(39(2,3)4)46-38(53)58-28-16-21(28)10-8-9-20-15-24(20)30-35(57-29)45-27-17-22(56-6)11-12-26(27)44-30/h11-12,17,20-21,23-25,28-29,31-33H,7-10,13-16,18-19H2,1-6H3,(H,46,53)(H,47,50)(H,48,52)/t20?,21?,23-,24?,25+,28-,29+,31+,32-,41-/m1/s1. The number of carbonyl (C=O) groups excluding carboxylic acids is 4. The number of alkyl carbamates (subject to hydrolysis) is 1. The fraction of sp³-hybridized carbons (Fsp3) is 0.707. The molecule has 2 bridgehead atoms. The number of aromatic nitrogens is 2. The van der Waals surface area contributed by atoms with Crippen LogP contribution < -0.4 is 24.8 Å². The fourth-order valence-corrected chi connectivity index (χ4v) is 10.4. The van der Waals surface area contributed by atoms with E-state index >= 15 is 0 Å². The average molecular weight is 845 g/mol. The second-order valence-electron chi connectivity index (χ2n) is 18.8. The second kappa shape index (κ2) is 14.7. The van der Waals surface area contributed by atoms with Crippen molar-refractivity contribution in [2.45, 2.75) is 139 Å². The van der Waals surface area contributed by atoms with Gasteiger partial charge in [0.2, 0.25) is 34.1 Å². The molecule has 1 saturated heterocycles. The van der Waals surface area contributed by atoms with Gasteiger partial charge in [-0.05, 0) is 87.7 Å². The Morgan fingerprint density at radius 3 is 2.44 bits per heavy atom. The summed E-state index contributed by atoms with van der Waals surface area (Å²) in [5.41, 5.74) is -1.31. The molecule has 15 nitrogen and oxygen atoms in total. The predicted molar refractivity (Wildman–Crippen MR) is 209 cm³/mol. The van der Waals surface area contributed by atoms with Crippen molar-refractivity contribution in [2.24, 2.45) is 29.1 Å². The molecule has 2 aromatic rings. The number of hydrogen-bond donors (Lipinski definition) is 3. The maximum atomic E-state index is 14.9. The zero-order chi connectivity index (χ0) is 42.4. The molecule has 1 aromatic heterocycles. The lowest BCUT2D eigenvalue weighted by molar-refractivity contribution is -0.144. The Morgan fingerprint density at radius 1 is 1.07 bits per heavy atom. The highest BCUT2D eigenvalue weighted by atomic mass is 32.2. The minimum absolute atomic E-state index is 0.0530. The molecule has 4 saturated carbocycles. The van der Waals surface area contributed by atoms with Crippen LogP contribution in [0.3, 0.4) is 0 Å². The van der Waals surface area contributed by atoms with Crippen LogP contribution in [0.15, 0.2) is 18.2 Å². The number of ether oxygens (including phenoxy) is 3. The molecule has 5 fully saturated rings. The van der Waals surface area contributed by atoms with Gasteiger partial charge in [0.25, 0.3) is 5.91 Å². The van der Waals surface area contributed by atoms with Gasteiger partial charge in [-0.1, -0.05) is 34.1 Å². The van der Waals surface area contributed by atoms with Crippen LogP contribution in [-0.2, 0) is 29.1 Å². The van der Waals surface area contributed by atoms with Crippen LogP contribution in [0.5, 0.6) is 11.6 Å². The van der Waals surface area contributed by atoms with E-state index in [2.05, 4.69) is 10.6 Å². The van der Waals surface area contributed by atoms with Crippen LogP contribution in [0.2, 0.25) is 0 Å². The van der Waals surface area contributed by atoms with Crippen molar-refractivity contribution >= 4 is 44.9 Å². The van der Waals surface area contributed by atoms with Crippen LogP contribution in [0.25, 0.3) is 11.0 Å². The monoisotopic (exact) mass is 844 g/mol. The number of hydrogen-bond acceptors (Lipinski definition) is 11. The number of alkyl halides is 2. The fourth-order valence-electron chi connectivity index (χ4n) is 9.13. The van der Waals surface area contributed by atoms with E-state index in [1.54, 1.807) is 46.9 Å². The van der Waals surface area contributed by atoms with E-state index in [9.17, 15) is 36.4 Å². The van der Waals surface area contributed by atoms with Gasteiger partial charge in [0.15, 0.2) is 0 Å². The van der Waals surface area contributed by atoms with Crippen molar-refractivity contribution in [2.75, 3.05) is 13.7 Å². The molecule has 6 aliphatic rings. The summed E-state index contributed by atoms with van der Waals surface area (Å²) < 4.78 is 73.8. The Bertz CT molecular complexity index is 2170. The third-order valence-electron chi connectivity index (χ3n) is 13.6. The van der Waals surface area contributed by atoms with Crippen LogP contribution >= 0.6 is 0 Å². The molecule has 10 atom stereocenters. The van der Waals surface area contributed by atoms with Gasteiger partial charge in [0.05, 0.1) is 35.4 Å². The summed E-state index contributed by atoms with van der Waals surface area (Å²) in [5.74, 6) is -3.86. The Labute approximate surface area is 342 Å². The molecule has 0 spiro atoms. The van der Waals surface area contributed by atoms with Crippen LogP contribution in [-0.4, -0.2) is 102 Å². The zero-order valence-corrected chi connectivity index (χ0v) is 35.1. The predicted octanol–water partition coefficient (Wildman–Crippen LogP) is 4.58. The first-order valence-corrected chi connectivity index (χ1v) is 22.2. The number of methoxy groups -OCH3 is 1. The largest absolute Gasteiger partial charge is 0.497 e. The normalized spacial score (nSPS) is 33.8. The molecule has 59 heavy (non-hydrogen) atoms. The van der Waals surface area contributed by atoms with Gasteiger partial charge in [-0.3, -0.25) is 19.1 Å². The minimum atomic E-state index is -4.24. The van der Waals surface area contributed by atoms with Crippen molar-refractivity contribution in [3.8, 4) is 11.6 Å². The number of sulfonamides is 1. The van der Waals surface area contributed by atoms with E-state index in [0.29, 0.717) is 41.2 Å². The first-order valence-electron chi connectivity index (χ1n) is 20.8. The van der Waals surface area contributed by atoms with Crippen LogP contribution in [0, 0.1) is 29.1 Å². The SMILES string of the molecule is CC[C@@H]1[C@@H]2CN(C(=O)[C@H](C(C)(C)C)NC(=O)O[C@@H]3CC3CCCC3CC3c3nc4ccc(OC)cc4nc3O2)[C@@H]1C(=O)N[C@]1(C(=O)NS(=O)(=O)C2(C)CC2)C[C@H]1C(F)F. The number of amides is 4. The number of nitrogens with zero attached hydrogens (tertiary/aromatic N) is 3. The molecule has 4 amide bonds. The summed E-state index contributed by atoms with van der Waals surface area (Å²) in [6.07, 6.45) is -0.290. The van der Waals surface area contributed by atoms with Crippen molar-refractivity contribution in [3.63, 3.8) is 0 Å². The van der Waals surface area contributed by atoms with Crippen molar-refractivity contribution in [3.05, 3.63) is 23.9 Å². The van der Waals surface area contributed by atoms with E-state index in [-0.39, 0.29) is 36.8 Å². The Hall–Kier alpha value is -4.35. The maximum absolute atomic E-state index is 14.9. The molecule has 18 heteroatoms. The molecule has 3 unspecified atom stereocenters. The van der Waals surface area contributed by atoms with E-state index in [4.69, 9.17) is 24.2 Å². The maximum Gasteiger partial charge on any atom is 0.408 e. The average Bonchev–Trinajstić information content (AvgIpc) is 4.01. The summed E-state index contributed by atoms with van der Waals surface area (Å²) in [7, 11) is -2.70. The molecule has 8 rings (SSSR count).